The van der Waals surface area contributed by atoms with Crippen LogP contribution in [0.25, 0.3) is 0 Å². The number of hydrogen-bond acceptors (Lipinski definition) is 3. The number of halogens is 6. The summed E-state index contributed by atoms with van der Waals surface area (Å²) in [6, 6.07) is 9.22. The highest BCUT2D eigenvalue weighted by Gasteiger charge is 2.31. The molecule has 0 aliphatic heterocycles. The van der Waals surface area contributed by atoms with E-state index >= 15 is 8.78 Å². The average molecular weight is 649 g/mol. The Kier molecular flexibility index (Phi) is 11.6. The maximum absolute atomic E-state index is 15.3. The quantitative estimate of drug-likeness (QED) is 0.145. The second-order valence-electron chi connectivity index (χ2n) is 12.5. The molecule has 0 atom stereocenters. The molecule has 0 radical (unpaired) electrons. The Bertz CT molecular complexity index is 1480. The van der Waals surface area contributed by atoms with E-state index in [-0.39, 0.29) is 65.3 Å². The van der Waals surface area contributed by atoms with Crippen LogP contribution >= 0.6 is 0 Å². The minimum absolute atomic E-state index is 0.0735. The second kappa shape index (κ2) is 15.6. The average Bonchev–Trinajstić information content (AvgIpc) is 3.07. The third kappa shape index (κ3) is 7.50. The van der Waals surface area contributed by atoms with Crippen molar-refractivity contribution in [3.05, 3.63) is 93.6 Å². The molecule has 250 valence electrons. The van der Waals surface area contributed by atoms with Crippen LogP contribution in [0.4, 0.5) is 26.3 Å². The van der Waals surface area contributed by atoms with Crippen LogP contribution in [-0.2, 0) is 11.3 Å². The summed E-state index contributed by atoms with van der Waals surface area (Å²) < 4.78 is 105. The predicted molar refractivity (Wildman–Crippen MR) is 164 cm³/mol. The Balaban J connectivity index is 1.13. The van der Waals surface area contributed by atoms with Crippen LogP contribution in [0.5, 0.6) is 11.5 Å². The van der Waals surface area contributed by atoms with Gasteiger partial charge in [-0.2, -0.15) is 8.78 Å². The Labute approximate surface area is 267 Å². The van der Waals surface area contributed by atoms with E-state index in [1.807, 2.05) is 6.92 Å². The lowest BCUT2D eigenvalue weighted by Crippen LogP contribution is -2.22. The first-order valence-electron chi connectivity index (χ1n) is 16.5. The Morgan fingerprint density at radius 3 is 1.50 bits per heavy atom. The summed E-state index contributed by atoms with van der Waals surface area (Å²) in [5.41, 5.74) is 1.02. The van der Waals surface area contributed by atoms with Crippen molar-refractivity contribution in [2.45, 2.75) is 109 Å². The molecule has 0 amide bonds. The number of benzene rings is 3. The molecule has 2 fully saturated rings. The molecule has 0 N–H and O–H groups in total. The summed E-state index contributed by atoms with van der Waals surface area (Å²) in [5.74, 6) is -6.37. The molecule has 0 heterocycles. The van der Waals surface area contributed by atoms with Crippen LogP contribution in [-0.4, -0.2) is 19.3 Å². The van der Waals surface area contributed by atoms with Crippen molar-refractivity contribution in [2.24, 2.45) is 0 Å². The van der Waals surface area contributed by atoms with E-state index in [0.717, 1.165) is 12.8 Å². The SMILES string of the molecule is CCCCOc1ccc(C2CCC(OCc3ccc(C4CCC(c5ccc(OCC)c(F)c5F)CC4)c(F)c3F)CC2)c(F)c1F. The summed E-state index contributed by atoms with van der Waals surface area (Å²) in [5, 5.41) is 0. The number of unbranched alkanes of at least 4 members (excludes halogenated alkanes) is 1. The minimum Gasteiger partial charge on any atom is -0.491 e. The molecule has 0 saturated heterocycles. The molecule has 46 heavy (non-hydrogen) atoms. The Morgan fingerprint density at radius 2 is 1.00 bits per heavy atom. The highest BCUT2D eigenvalue weighted by Crippen LogP contribution is 2.43. The molecule has 2 aliphatic carbocycles. The van der Waals surface area contributed by atoms with E-state index in [4.69, 9.17) is 14.2 Å². The van der Waals surface area contributed by atoms with Crippen LogP contribution in [0.1, 0.15) is 118 Å². The molecular weight excluding hydrogens is 606 g/mol. The first kappa shape index (κ1) is 34.1. The van der Waals surface area contributed by atoms with Gasteiger partial charge in [0.05, 0.1) is 25.9 Å². The third-order valence-corrected chi connectivity index (χ3v) is 9.60. The van der Waals surface area contributed by atoms with Gasteiger partial charge in [0.1, 0.15) is 0 Å². The van der Waals surface area contributed by atoms with Crippen LogP contribution in [0, 0.1) is 34.9 Å². The Morgan fingerprint density at radius 1 is 0.543 bits per heavy atom. The molecule has 0 aromatic heterocycles. The molecule has 3 aromatic carbocycles. The minimum atomic E-state index is -0.997. The molecule has 3 nitrogen and oxygen atoms in total. The van der Waals surface area contributed by atoms with Crippen molar-refractivity contribution < 1.29 is 40.6 Å². The predicted octanol–water partition coefficient (Wildman–Crippen LogP) is 10.8. The maximum atomic E-state index is 15.3. The highest BCUT2D eigenvalue weighted by molar-refractivity contribution is 5.35. The van der Waals surface area contributed by atoms with Gasteiger partial charge < -0.3 is 14.2 Å². The molecule has 5 rings (SSSR count). The molecule has 3 aromatic rings. The van der Waals surface area contributed by atoms with E-state index in [1.165, 1.54) is 12.1 Å². The molecular formula is C37H42F6O3. The lowest BCUT2D eigenvalue weighted by Gasteiger charge is -2.30. The van der Waals surface area contributed by atoms with Gasteiger partial charge in [0.25, 0.3) is 0 Å². The topological polar surface area (TPSA) is 27.7 Å². The molecule has 2 saturated carbocycles. The van der Waals surface area contributed by atoms with Crippen molar-refractivity contribution in [3.8, 4) is 11.5 Å². The maximum Gasteiger partial charge on any atom is 0.200 e. The highest BCUT2D eigenvalue weighted by atomic mass is 19.2. The summed E-state index contributed by atoms with van der Waals surface area (Å²) in [6.45, 7) is 4.15. The second-order valence-corrected chi connectivity index (χ2v) is 12.5. The molecule has 0 unspecified atom stereocenters. The number of rotatable bonds is 12. The lowest BCUT2D eigenvalue weighted by atomic mass is 9.75. The van der Waals surface area contributed by atoms with E-state index in [0.29, 0.717) is 63.5 Å². The fourth-order valence-electron chi connectivity index (χ4n) is 6.92. The largest absolute Gasteiger partial charge is 0.491 e. The summed E-state index contributed by atoms with van der Waals surface area (Å²) >= 11 is 0. The Hall–Kier alpha value is -3.20. The van der Waals surface area contributed by atoms with Gasteiger partial charge in [0.15, 0.2) is 34.8 Å². The zero-order chi connectivity index (χ0) is 32.8. The van der Waals surface area contributed by atoms with Crippen LogP contribution in [0.15, 0.2) is 36.4 Å². The van der Waals surface area contributed by atoms with E-state index in [9.17, 15) is 17.6 Å². The third-order valence-electron chi connectivity index (χ3n) is 9.60. The van der Waals surface area contributed by atoms with Gasteiger partial charge in [-0.1, -0.05) is 37.6 Å². The van der Waals surface area contributed by atoms with Crippen LogP contribution < -0.4 is 9.47 Å². The number of hydrogen-bond donors (Lipinski definition) is 0. The monoisotopic (exact) mass is 648 g/mol. The molecule has 0 spiro atoms. The van der Waals surface area contributed by atoms with Gasteiger partial charge in [-0.25, -0.2) is 17.6 Å². The van der Waals surface area contributed by atoms with E-state index < -0.39 is 34.9 Å². The van der Waals surface area contributed by atoms with E-state index in [2.05, 4.69) is 0 Å². The summed E-state index contributed by atoms with van der Waals surface area (Å²) in [7, 11) is 0. The van der Waals surface area contributed by atoms with Gasteiger partial charge in [-0.3, -0.25) is 0 Å². The van der Waals surface area contributed by atoms with Crippen molar-refractivity contribution >= 4 is 0 Å². The first-order chi connectivity index (χ1) is 22.2. The van der Waals surface area contributed by atoms with Gasteiger partial charge in [-0.15, -0.1) is 0 Å². The molecule has 0 bridgehead atoms. The molecule has 9 heteroatoms. The van der Waals surface area contributed by atoms with Crippen molar-refractivity contribution in [2.75, 3.05) is 13.2 Å². The lowest BCUT2D eigenvalue weighted by molar-refractivity contribution is 0.0116. The summed E-state index contributed by atoms with van der Waals surface area (Å²) in [6.07, 6.45) is 5.89. The zero-order valence-electron chi connectivity index (χ0n) is 26.5. The van der Waals surface area contributed by atoms with Crippen molar-refractivity contribution in [3.63, 3.8) is 0 Å². The number of ether oxygens (including phenoxy) is 3. The fraction of sp³-hybridized carbons (Fsp3) is 0.514. The van der Waals surface area contributed by atoms with Crippen molar-refractivity contribution in [1.29, 1.82) is 0 Å². The van der Waals surface area contributed by atoms with Crippen molar-refractivity contribution in [1.82, 2.24) is 0 Å². The van der Waals surface area contributed by atoms with Crippen LogP contribution in [0.3, 0.4) is 0 Å². The molecule has 2 aliphatic rings. The van der Waals surface area contributed by atoms with Gasteiger partial charge in [0.2, 0.25) is 11.6 Å². The summed E-state index contributed by atoms with van der Waals surface area (Å²) in [4.78, 5) is 0. The van der Waals surface area contributed by atoms with Crippen LogP contribution in [0.2, 0.25) is 0 Å². The van der Waals surface area contributed by atoms with Gasteiger partial charge in [-0.05, 0) is 111 Å². The smallest absolute Gasteiger partial charge is 0.200 e. The van der Waals surface area contributed by atoms with Gasteiger partial charge >= 0.3 is 0 Å². The normalized spacial score (nSPS) is 21.7. The van der Waals surface area contributed by atoms with E-state index in [1.54, 1.807) is 31.2 Å². The fourth-order valence-corrected chi connectivity index (χ4v) is 6.92. The standard InChI is InChI=1S/C37H42F6O3/c1-3-5-20-45-31-19-17-29(35(41)37(31)43)24-10-13-26(14-11-24)46-21-25-12-15-27(33(39)32(25)38)22-6-8-23(9-7-22)28-16-18-30(44-4-2)36(42)34(28)40/h12,15-19,22-24,26H,3-11,13-14,20-21H2,1-2H3. The zero-order valence-corrected chi connectivity index (χ0v) is 26.5. The van der Waals surface area contributed by atoms with Gasteiger partial charge in [0, 0.05) is 5.56 Å². The first-order valence-corrected chi connectivity index (χ1v) is 16.5.